The predicted octanol–water partition coefficient (Wildman–Crippen LogP) is 4.12. The molecule has 0 fully saturated rings. The van der Waals surface area contributed by atoms with E-state index >= 15 is 0 Å². The van der Waals surface area contributed by atoms with Crippen LogP contribution in [-0.2, 0) is 17.8 Å². The van der Waals surface area contributed by atoms with Crippen LogP contribution >= 0.6 is 0 Å². The lowest BCUT2D eigenvalue weighted by Crippen LogP contribution is -2.37. The molecule has 164 valence electrons. The third-order valence-electron chi connectivity index (χ3n) is 5.54. The third kappa shape index (κ3) is 5.09. The van der Waals surface area contributed by atoms with Crippen molar-refractivity contribution in [3.05, 3.63) is 89.0 Å². The highest BCUT2D eigenvalue weighted by molar-refractivity contribution is 6.04. The zero-order valence-electron chi connectivity index (χ0n) is 18.2. The fraction of sp³-hybridized carbons (Fsp3) is 0.231. The number of hydrogen-bond acceptors (Lipinski definition) is 4. The van der Waals surface area contributed by atoms with Crippen molar-refractivity contribution in [1.82, 2.24) is 5.32 Å². The number of fused-ring (bicyclic) bond motifs is 1. The van der Waals surface area contributed by atoms with Gasteiger partial charge in [-0.15, -0.1) is 0 Å². The van der Waals surface area contributed by atoms with Gasteiger partial charge in [-0.3, -0.25) is 9.59 Å². The zero-order chi connectivity index (χ0) is 22.5. The average Bonchev–Trinajstić information content (AvgIpc) is 2.83. The molecule has 0 unspecified atom stereocenters. The first-order valence-electron chi connectivity index (χ1n) is 10.6. The molecule has 1 atom stereocenters. The second-order valence-corrected chi connectivity index (χ2v) is 7.92. The molecule has 0 aliphatic carbocycles. The molecule has 1 heterocycles. The molecule has 3 aromatic carbocycles. The van der Waals surface area contributed by atoms with E-state index in [1.54, 1.807) is 37.4 Å². The second kappa shape index (κ2) is 9.56. The molecule has 0 radical (unpaired) electrons. The van der Waals surface area contributed by atoms with Gasteiger partial charge in [0.1, 0.15) is 18.1 Å². The lowest BCUT2D eigenvalue weighted by molar-refractivity contribution is -0.126. The van der Waals surface area contributed by atoms with Crippen molar-refractivity contribution < 1.29 is 19.1 Å². The smallest absolute Gasteiger partial charge is 0.255 e. The van der Waals surface area contributed by atoms with Crippen molar-refractivity contribution in [2.24, 2.45) is 5.92 Å². The molecule has 32 heavy (non-hydrogen) atoms. The third-order valence-corrected chi connectivity index (χ3v) is 5.54. The van der Waals surface area contributed by atoms with Crippen molar-refractivity contribution in [2.75, 3.05) is 19.0 Å². The summed E-state index contributed by atoms with van der Waals surface area (Å²) >= 11 is 0. The minimum Gasteiger partial charge on any atom is -0.497 e. The summed E-state index contributed by atoms with van der Waals surface area (Å²) in [5.74, 6) is 0.912. The van der Waals surface area contributed by atoms with Gasteiger partial charge in [-0.2, -0.15) is 0 Å². The Bertz CT molecular complexity index is 1110. The quantitative estimate of drug-likeness (QED) is 0.617. The number of aryl methyl sites for hydroxylation is 1. The summed E-state index contributed by atoms with van der Waals surface area (Å²) in [7, 11) is 1.58. The molecule has 0 saturated heterocycles. The highest BCUT2D eigenvalue weighted by Gasteiger charge is 2.26. The van der Waals surface area contributed by atoms with E-state index in [-0.39, 0.29) is 17.7 Å². The summed E-state index contributed by atoms with van der Waals surface area (Å²) in [6.07, 6.45) is 0.557. The van der Waals surface area contributed by atoms with Gasteiger partial charge in [-0.25, -0.2) is 0 Å². The van der Waals surface area contributed by atoms with Gasteiger partial charge in [-0.05, 0) is 66.9 Å². The van der Waals surface area contributed by atoms with Crippen LogP contribution in [0.15, 0.2) is 66.7 Å². The minimum absolute atomic E-state index is 0.0381. The Morgan fingerprint density at radius 3 is 2.50 bits per heavy atom. The molecule has 2 amide bonds. The van der Waals surface area contributed by atoms with Crippen LogP contribution in [0.5, 0.6) is 11.5 Å². The van der Waals surface area contributed by atoms with Crippen molar-refractivity contribution in [3.8, 4) is 11.5 Å². The van der Waals surface area contributed by atoms with E-state index in [0.29, 0.717) is 36.6 Å². The van der Waals surface area contributed by atoms with E-state index in [4.69, 9.17) is 9.47 Å². The molecule has 0 saturated carbocycles. The van der Waals surface area contributed by atoms with Crippen LogP contribution in [0.4, 0.5) is 5.69 Å². The van der Waals surface area contributed by atoms with Crippen molar-refractivity contribution in [2.45, 2.75) is 19.9 Å². The molecule has 0 bridgehead atoms. The predicted molar refractivity (Wildman–Crippen MR) is 123 cm³/mol. The van der Waals surface area contributed by atoms with Gasteiger partial charge in [0.2, 0.25) is 5.91 Å². The van der Waals surface area contributed by atoms with E-state index in [1.165, 1.54) is 5.56 Å². The number of amides is 2. The van der Waals surface area contributed by atoms with Crippen LogP contribution in [0, 0.1) is 12.8 Å². The first-order chi connectivity index (χ1) is 15.5. The normalized spacial score (nSPS) is 14.6. The minimum atomic E-state index is -0.277. The summed E-state index contributed by atoms with van der Waals surface area (Å²) in [5.41, 5.74) is 4.35. The maximum atomic E-state index is 12.7. The largest absolute Gasteiger partial charge is 0.497 e. The average molecular weight is 431 g/mol. The number of ether oxygens (including phenoxy) is 2. The summed E-state index contributed by atoms with van der Waals surface area (Å²) in [6.45, 7) is 2.86. The van der Waals surface area contributed by atoms with Crippen LogP contribution in [-0.4, -0.2) is 25.5 Å². The molecular formula is C26H26N2O4. The Labute approximate surface area is 187 Å². The van der Waals surface area contributed by atoms with E-state index in [2.05, 4.69) is 10.6 Å². The summed E-state index contributed by atoms with van der Waals surface area (Å²) in [4.78, 5) is 25.2. The molecule has 0 aromatic heterocycles. The van der Waals surface area contributed by atoms with Gasteiger partial charge in [-0.1, -0.05) is 29.8 Å². The molecule has 0 spiro atoms. The fourth-order valence-electron chi connectivity index (χ4n) is 3.63. The standard InChI is InChI=1S/C26H26N2O4/c1-17-3-5-18(6-4-17)15-27-25(29)21-13-20-14-22(9-12-24(20)32-16-21)28-26(30)19-7-10-23(31-2)11-8-19/h3-12,14,21H,13,15-16H2,1-2H3,(H,27,29)(H,28,30)/t21-/m0/s1. The first kappa shape index (κ1) is 21.4. The molecule has 1 aliphatic rings. The van der Waals surface area contributed by atoms with Crippen LogP contribution in [0.2, 0.25) is 0 Å². The van der Waals surface area contributed by atoms with Crippen molar-refractivity contribution in [3.63, 3.8) is 0 Å². The molecule has 3 aromatic rings. The summed E-state index contributed by atoms with van der Waals surface area (Å²) in [5, 5.41) is 5.90. The monoisotopic (exact) mass is 430 g/mol. The van der Waals surface area contributed by atoms with E-state index in [9.17, 15) is 9.59 Å². The second-order valence-electron chi connectivity index (χ2n) is 7.92. The highest BCUT2D eigenvalue weighted by Crippen LogP contribution is 2.30. The molecule has 6 nitrogen and oxygen atoms in total. The van der Waals surface area contributed by atoms with Gasteiger partial charge in [0.25, 0.3) is 5.91 Å². The van der Waals surface area contributed by atoms with Crippen LogP contribution in [0.25, 0.3) is 0 Å². The van der Waals surface area contributed by atoms with Gasteiger partial charge in [0, 0.05) is 17.8 Å². The molecule has 4 rings (SSSR count). The Kier molecular flexibility index (Phi) is 6.40. The number of carbonyl (C=O) groups is 2. The fourth-order valence-corrected chi connectivity index (χ4v) is 3.63. The molecule has 2 N–H and O–H groups in total. The van der Waals surface area contributed by atoms with Crippen LogP contribution < -0.4 is 20.1 Å². The van der Waals surface area contributed by atoms with Gasteiger partial charge in [0.15, 0.2) is 0 Å². The maximum absolute atomic E-state index is 12.7. The number of carbonyl (C=O) groups excluding carboxylic acids is 2. The van der Waals surface area contributed by atoms with E-state index < -0.39 is 0 Å². The maximum Gasteiger partial charge on any atom is 0.255 e. The number of methoxy groups -OCH3 is 1. The number of hydrogen-bond donors (Lipinski definition) is 2. The summed E-state index contributed by atoms with van der Waals surface area (Å²) in [6, 6.07) is 20.5. The topological polar surface area (TPSA) is 76.7 Å². The SMILES string of the molecule is COc1ccc(C(=O)Nc2ccc3c(c2)C[C@H](C(=O)NCc2ccc(C)cc2)CO3)cc1. The number of nitrogens with one attached hydrogen (secondary N) is 2. The van der Waals surface area contributed by atoms with Gasteiger partial charge in [0.05, 0.1) is 13.0 Å². The van der Waals surface area contributed by atoms with Crippen molar-refractivity contribution >= 4 is 17.5 Å². The highest BCUT2D eigenvalue weighted by atomic mass is 16.5. The van der Waals surface area contributed by atoms with Crippen LogP contribution in [0.3, 0.4) is 0 Å². The lowest BCUT2D eigenvalue weighted by atomic mass is 9.95. The van der Waals surface area contributed by atoms with Crippen molar-refractivity contribution in [1.29, 1.82) is 0 Å². The number of benzene rings is 3. The lowest BCUT2D eigenvalue weighted by Gasteiger charge is -2.25. The number of rotatable bonds is 6. The zero-order valence-corrected chi connectivity index (χ0v) is 18.2. The first-order valence-corrected chi connectivity index (χ1v) is 10.6. The van der Waals surface area contributed by atoms with E-state index in [1.807, 2.05) is 43.3 Å². The van der Waals surface area contributed by atoms with Crippen LogP contribution in [0.1, 0.15) is 27.0 Å². The molecule has 1 aliphatic heterocycles. The Morgan fingerprint density at radius 1 is 1.03 bits per heavy atom. The Morgan fingerprint density at radius 2 is 1.78 bits per heavy atom. The molecule has 6 heteroatoms. The summed E-state index contributed by atoms with van der Waals surface area (Å²) < 4.78 is 10.9. The molecular weight excluding hydrogens is 404 g/mol. The van der Waals surface area contributed by atoms with E-state index in [0.717, 1.165) is 16.9 Å². The Balaban J connectivity index is 1.38. The Hall–Kier alpha value is -3.80. The number of anilines is 1. The van der Waals surface area contributed by atoms with Gasteiger partial charge < -0.3 is 20.1 Å². The van der Waals surface area contributed by atoms with Gasteiger partial charge >= 0.3 is 0 Å².